The smallest absolute Gasteiger partial charge is 0.249 e. The Labute approximate surface area is 174 Å². The molecule has 0 spiro atoms. The summed E-state index contributed by atoms with van der Waals surface area (Å²) in [5.74, 6) is 1.67. The second-order valence-electron chi connectivity index (χ2n) is 7.87. The van der Waals surface area contributed by atoms with Gasteiger partial charge in [0.05, 0.1) is 0 Å². The minimum absolute atomic E-state index is 0.0663. The van der Waals surface area contributed by atoms with E-state index in [1.165, 1.54) is 5.56 Å². The van der Waals surface area contributed by atoms with E-state index in [9.17, 15) is 4.79 Å². The molecule has 2 aromatic carbocycles. The van der Waals surface area contributed by atoms with Gasteiger partial charge in [0.2, 0.25) is 17.6 Å². The third kappa shape index (κ3) is 3.67. The second-order valence-corrected chi connectivity index (χ2v) is 8.30. The summed E-state index contributed by atoms with van der Waals surface area (Å²) in [5.41, 5.74) is 2.10. The Morgan fingerprint density at radius 1 is 1.07 bits per heavy atom. The molecule has 3 aromatic rings. The molecule has 0 bridgehead atoms. The first-order valence-corrected chi connectivity index (χ1v) is 10.5. The quantitative estimate of drug-likeness (QED) is 0.592. The number of hydrogen-bond donors (Lipinski definition) is 0. The summed E-state index contributed by atoms with van der Waals surface area (Å²) in [5, 5.41) is 4.81. The minimum atomic E-state index is -0.137. The highest BCUT2D eigenvalue weighted by Crippen LogP contribution is 2.49. The molecule has 6 heteroatoms. The molecule has 2 aliphatic rings. The van der Waals surface area contributed by atoms with Crippen molar-refractivity contribution < 1.29 is 9.32 Å². The first-order chi connectivity index (χ1) is 14.2. The molecular formula is C23H22ClN3O2. The lowest BCUT2D eigenvalue weighted by molar-refractivity contribution is -0.137. The predicted molar refractivity (Wildman–Crippen MR) is 110 cm³/mol. The maximum absolute atomic E-state index is 13.3. The van der Waals surface area contributed by atoms with E-state index in [1.807, 2.05) is 35.2 Å². The molecule has 29 heavy (non-hydrogen) atoms. The number of amides is 1. The molecule has 2 fully saturated rings. The zero-order valence-corrected chi connectivity index (χ0v) is 16.8. The fraction of sp³-hybridized carbons (Fsp3) is 0.348. The number of carbonyl (C=O) groups is 1. The predicted octanol–water partition coefficient (Wildman–Crippen LogP) is 5.25. The van der Waals surface area contributed by atoms with Crippen molar-refractivity contribution in [2.45, 2.75) is 37.6 Å². The summed E-state index contributed by atoms with van der Waals surface area (Å²) in [7, 11) is 0. The van der Waals surface area contributed by atoms with Crippen LogP contribution in [-0.2, 0) is 4.79 Å². The Bertz CT molecular complexity index is 1000. The maximum atomic E-state index is 13.3. The van der Waals surface area contributed by atoms with Gasteiger partial charge in [-0.3, -0.25) is 4.79 Å². The summed E-state index contributed by atoms with van der Waals surface area (Å²) in [6.07, 6.45) is 3.85. The van der Waals surface area contributed by atoms with Gasteiger partial charge in [-0.25, -0.2) is 0 Å². The number of rotatable bonds is 4. The largest absolute Gasteiger partial charge is 0.337 e. The SMILES string of the molecule is O=C(C1CC1c1ccccc1)N1CCCCC1c1nc(-c2ccc(Cl)cc2)no1. The fourth-order valence-corrected chi connectivity index (χ4v) is 4.41. The molecule has 148 valence electrons. The van der Waals surface area contributed by atoms with Crippen LogP contribution in [0.25, 0.3) is 11.4 Å². The number of hydrogen-bond acceptors (Lipinski definition) is 4. The molecule has 1 amide bonds. The van der Waals surface area contributed by atoms with Crippen LogP contribution < -0.4 is 0 Å². The standard InChI is InChI=1S/C23H22ClN3O2/c24-17-11-9-16(10-12-17)21-25-22(29-26-21)20-8-4-5-13-27(20)23(28)19-14-18(19)15-6-2-1-3-7-15/h1-3,6-7,9-12,18-20H,4-5,8,13-14H2. The summed E-state index contributed by atoms with van der Waals surface area (Å²) in [6, 6.07) is 17.5. The van der Waals surface area contributed by atoms with Gasteiger partial charge >= 0.3 is 0 Å². The van der Waals surface area contributed by atoms with E-state index in [0.717, 1.165) is 37.8 Å². The molecule has 1 saturated heterocycles. The second kappa shape index (κ2) is 7.64. The number of halogens is 1. The van der Waals surface area contributed by atoms with Crippen molar-refractivity contribution in [2.75, 3.05) is 6.54 Å². The Hall–Kier alpha value is -2.66. The molecule has 5 rings (SSSR count). The van der Waals surface area contributed by atoms with Crippen LogP contribution in [0.15, 0.2) is 59.1 Å². The third-order valence-electron chi connectivity index (χ3n) is 5.95. The highest BCUT2D eigenvalue weighted by atomic mass is 35.5. The normalized spacial score (nSPS) is 23.8. The number of aromatic nitrogens is 2. The average Bonchev–Trinajstić information content (AvgIpc) is 3.43. The number of likely N-dealkylation sites (tertiary alicyclic amines) is 1. The van der Waals surface area contributed by atoms with Crippen LogP contribution in [0, 0.1) is 5.92 Å². The maximum Gasteiger partial charge on any atom is 0.249 e. The number of carbonyl (C=O) groups excluding carboxylic acids is 1. The Kier molecular flexibility index (Phi) is 4.84. The van der Waals surface area contributed by atoms with Gasteiger partial charge in [0.25, 0.3) is 0 Å². The highest BCUT2D eigenvalue weighted by Gasteiger charge is 2.47. The zero-order valence-electron chi connectivity index (χ0n) is 16.0. The third-order valence-corrected chi connectivity index (χ3v) is 6.20. The molecule has 5 nitrogen and oxygen atoms in total. The topological polar surface area (TPSA) is 59.2 Å². The van der Waals surface area contributed by atoms with Crippen molar-refractivity contribution in [2.24, 2.45) is 5.92 Å². The molecule has 3 unspecified atom stereocenters. The van der Waals surface area contributed by atoms with Gasteiger partial charge in [0.15, 0.2) is 0 Å². The Balaban J connectivity index is 1.34. The van der Waals surface area contributed by atoms with Crippen molar-refractivity contribution in [1.29, 1.82) is 0 Å². The van der Waals surface area contributed by atoms with E-state index in [-0.39, 0.29) is 17.9 Å². The highest BCUT2D eigenvalue weighted by molar-refractivity contribution is 6.30. The van der Waals surface area contributed by atoms with Gasteiger partial charge in [-0.1, -0.05) is 47.1 Å². The number of benzene rings is 2. The van der Waals surface area contributed by atoms with E-state index in [1.54, 1.807) is 12.1 Å². The van der Waals surface area contributed by atoms with Crippen LogP contribution >= 0.6 is 11.6 Å². The van der Waals surface area contributed by atoms with Crippen LogP contribution in [0.4, 0.5) is 0 Å². The van der Waals surface area contributed by atoms with Gasteiger partial charge in [-0.05, 0) is 61.4 Å². The van der Waals surface area contributed by atoms with Gasteiger partial charge in [-0.2, -0.15) is 4.98 Å². The summed E-state index contributed by atoms with van der Waals surface area (Å²) in [6.45, 7) is 0.750. The Morgan fingerprint density at radius 3 is 2.66 bits per heavy atom. The first-order valence-electron chi connectivity index (χ1n) is 10.2. The van der Waals surface area contributed by atoms with E-state index < -0.39 is 0 Å². The molecule has 1 aliphatic heterocycles. The van der Waals surface area contributed by atoms with Crippen molar-refractivity contribution in [3.63, 3.8) is 0 Å². The molecule has 0 N–H and O–H groups in total. The average molecular weight is 408 g/mol. The minimum Gasteiger partial charge on any atom is -0.337 e. The van der Waals surface area contributed by atoms with Crippen LogP contribution in [0.3, 0.4) is 0 Å². The number of piperidine rings is 1. The summed E-state index contributed by atoms with van der Waals surface area (Å²) in [4.78, 5) is 19.8. The van der Waals surface area contributed by atoms with Crippen molar-refractivity contribution in [3.8, 4) is 11.4 Å². The van der Waals surface area contributed by atoms with Crippen LogP contribution in [0.1, 0.15) is 49.1 Å². The molecule has 2 heterocycles. The van der Waals surface area contributed by atoms with Gasteiger partial charge in [-0.15, -0.1) is 0 Å². The van der Waals surface area contributed by atoms with Gasteiger partial charge in [0, 0.05) is 23.0 Å². The van der Waals surface area contributed by atoms with Crippen LogP contribution in [-0.4, -0.2) is 27.5 Å². The van der Waals surface area contributed by atoms with Crippen LogP contribution in [0.5, 0.6) is 0 Å². The van der Waals surface area contributed by atoms with Crippen molar-refractivity contribution >= 4 is 17.5 Å². The molecule has 1 aromatic heterocycles. The molecule has 3 atom stereocenters. The molecule has 0 radical (unpaired) electrons. The lowest BCUT2D eigenvalue weighted by atomic mass is 10.0. The lowest BCUT2D eigenvalue weighted by Gasteiger charge is -2.33. The van der Waals surface area contributed by atoms with Crippen LogP contribution in [0.2, 0.25) is 5.02 Å². The molecule has 1 saturated carbocycles. The van der Waals surface area contributed by atoms with E-state index in [4.69, 9.17) is 16.1 Å². The van der Waals surface area contributed by atoms with E-state index in [0.29, 0.717) is 22.7 Å². The first kappa shape index (κ1) is 18.4. The monoisotopic (exact) mass is 407 g/mol. The zero-order chi connectivity index (χ0) is 19.8. The van der Waals surface area contributed by atoms with E-state index >= 15 is 0 Å². The summed E-state index contributed by atoms with van der Waals surface area (Å²) < 4.78 is 5.59. The van der Waals surface area contributed by atoms with Crippen molar-refractivity contribution in [1.82, 2.24) is 15.0 Å². The van der Waals surface area contributed by atoms with Gasteiger partial charge in [0.1, 0.15) is 6.04 Å². The van der Waals surface area contributed by atoms with E-state index in [2.05, 4.69) is 22.3 Å². The lowest BCUT2D eigenvalue weighted by Crippen LogP contribution is -2.39. The fourth-order valence-electron chi connectivity index (χ4n) is 4.29. The number of nitrogens with zero attached hydrogens (tertiary/aromatic N) is 3. The molecular weight excluding hydrogens is 386 g/mol. The van der Waals surface area contributed by atoms with Crippen molar-refractivity contribution in [3.05, 3.63) is 71.1 Å². The molecule has 1 aliphatic carbocycles. The summed E-state index contributed by atoms with van der Waals surface area (Å²) >= 11 is 5.96. The Morgan fingerprint density at radius 2 is 1.86 bits per heavy atom. The van der Waals surface area contributed by atoms with Gasteiger partial charge < -0.3 is 9.42 Å².